The van der Waals surface area contributed by atoms with E-state index < -0.39 is 0 Å². The molecule has 4 rings (SSSR count). The summed E-state index contributed by atoms with van der Waals surface area (Å²) in [7, 11) is 0. The number of aryl methyl sites for hydroxylation is 1. The largest absolute Gasteiger partial charge is 0.337 e. The summed E-state index contributed by atoms with van der Waals surface area (Å²) in [5.74, 6) is 1.97. The highest BCUT2D eigenvalue weighted by atomic mass is 16.5. The SMILES string of the molecule is Cc1nc2ccccc2c(=O)n1Cc1nc(-c2ccc(C(C)C)cc2)no1. The summed E-state index contributed by atoms with van der Waals surface area (Å²) in [5.41, 5.74) is 2.72. The highest BCUT2D eigenvalue weighted by Gasteiger charge is 2.13. The van der Waals surface area contributed by atoms with Crippen LogP contribution in [-0.4, -0.2) is 19.7 Å². The standard InChI is InChI=1S/C21H20N4O2/c1-13(2)15-8-10-16(11-9-15)20-23-19(27-24-20)12-25-14(3)22-18-7-5-4-6-17(18)21(25)26/h4-11,13H,12H2,1-3H3. The van der Waals surface area contributed by atoms with Gasteiger partial charge >= 0.3 is 0 Å². The Labute approximate surface area is 156 Å². The molecular formula is C21H20N4O2. The Balaban J connectivity index is 1.65. The molecule has 2 aromatic carbocycles. The Kier molecular flexibility index (Phi) is 4.32. The summed E-state index contributed by atoms with van der Waals surface area (Å²) < 4.78 is 6.93. The zero-order chi connectivity index (χ0) is 19.0. The summed E-state index contributed by atoms with van der Waals surface area (Å²) in [6.45, 7) is 6.30. The lowest BCUT2D eigenvalue weighted by Crippen LogP contribution is -2.24. The molecule has 0 saturated heterocycles. The second kappa shape index (κ2) is 6.79. The fourth-order valence-corrected chi connectivity index (χ4v) is 3.05. The van der Waals surface area contributed by atoms with Crippen LogP contribution in [0.2, 0.25) is 0 Å². The zero-order valence-electron chi connectivity index (χ0n) is 15.5. The van der Waals surface area contributed by atoms with Gasteiger partial charge in [-0.15, -0.1) is 0 Å². The summed E-state index contributed by atoms with van der Waals surface area (Å²) in [4.78, 5) is 21.7. The smallest absolute Gasteiger partial charge is 0.261 e. The quantitative estimate of drug-likeness (QED) is 0.551. The van der Waals surface area contributed by atoms with Gasteiger partial charge in [0.05, 0.1) is 10.9 Å². The van der Waals surface area contributed by atoms with Crippen LogP contribution in [0.25, 0.3) is 22.3 Å². The first-order valence-electron chi connectivity index (χ1n) is 8.92. The van der Waals surface area contributed by atoms with Gasteiger partial charge in [0.1, 0.15) is 12.4 Å². The van der Waals surface area contributed by atoms with Crippen molar-refractivity contribution < 1.29 is 4.52 Å². The molecule has 27 heavy (non-hydrogen) atoms. The predicted molar refractivity (Wildman–Crippen MR) is 104 cm³/mol. The Morgan fingerprint density at radius 3 is 2.52 bits per heavy atom. The van der Waals surface area contributed by atoms with Gasteiger partial charge in [0, 0.05) is 5.56 Å². The summed E-state index contributed by atoms with van der Waals surface area (Å²) in [6, 6.07) is 15.4. The molecule has 2 aromatic heterocycles. The third-order valence-corrected chi connectivity index (χ3v) is 4.65. The van der Waals surface area contributed by atoms with Crippen LogP contribution in [0.15, 0.2) is 57.8 Å². The number of hydrogen-bond acceptors (Lipinski definition) is 5. The number of aromatic nitrogens is 4. The molecule has 0 N–H and O–H groups in total. The fraction of sp³-hybridized carbons (Fsp3) is 0.238. The topological polar surface area (TPSA) is 73.8 Å². The summed E-state index contributed by atoms with van der Waals surface area (Å²) in [6.07, 6.45) is 0. The van der Waals surface area contributed by atoms with E-state index in [9.17, 15) is 4.79 Å². The van der Waals surface area contributed by atoms with Crippen molar-refractivity contribution in [3.8, 4) is 11.4 Å². The molecule has 0 radical (unpaired) electrons. The Morgan fingerprint density at radius 2 is 1.78 bits per heavy atom. The second-order valence-electron chi connectivity index (χ2n) is 6.86. The zero-order valence-corrected chi connectivity index (χ0v) is 15.5. The van der Waals surface area contributed by atoms with Gasteiger partial charge in [-0.3, -0.25) is 9.36 Å². The molecule has 0 fully saturated rings. The predicted octanol–water partition coefficient (Wildman–Crippen LogP) is 3.93. The van der Waals surface area contributed by atoms with Gasteiger partial charge < -0.3 is 4.52 Å². The molecule has 0 bridgehead atoms. The van der Waals surface area contributed by atoms with Crippen LogP contribution in [0.5, 0.6) is 0 Å². The lowest BCUT2D eigenvalue weighted by Gasteiger charge is -2.08. The van der Waals surface area contributed by atoms with Gasteiger partial charge in [-0.25, -0.2) is 4.98 Å². The van der Waals surface area contributed by atoms with Crippen molar-refractivity contribution >= 4 is 10.9 Å². The molecule has 4 aromatic rings. The normalized spacial score (nSPS) is 11.4. The van der Waals surface area contributed by atoms with E-state index in [0.29, 0.717) is 34.4 Å². The number of fused-ring (bicyclic) bond motifs is 1. The van der Waals surface area contributed by atoms with E-state index in [2.05, 4.69) is 41.1 Å². The van der Waals surface area contributed by atoms with Crippen molar-refractivity contribution in [2.75, 3.05) is 0 Å². The third kappa shape index (κ3) is 3.26. The minimum absolute atomic E-state index is 0.112. The van der Waals surface area contributed by atoms with Gasteiger partial charge in [0.25, 0.3) is 5.56 Å². The lowest BCUT2D eigenvalue weighted by atomic mass is 10.0. The third-order valence-electron chi connectivity index (χ3n) is 4.65. The summed E-state index contributed by atoms with van der Waals surface area (Å²) >= 11 is 0. The van der Waals surface area contributed by atoms with Gasteiger partial charge in [-0.2, -0.15) is 4.98 Å². The molecule has 2 heterocycles. The number of para-hydroxylation sites is 1. The Bertz CT molecular complexity index is 1160. The highest BCUT2D eigenvalue weighted by molar-refractivity contribution is 5.77. The minimum atomic E-state index is -0.112. The van der Waals surface area contributed by atoms with Gasteiger partial charge in [0.15, 0.2) is 0 Å². The van der Waals surface area contributed by atoms with Crippen LogP contribution in [0, 0.1) is 6.92 Å². The molecule has 0 spiro atoms. The van der Waals surface area contributed by atoms with E-state index in [1.165, 1.54) is 5.56 Å². The van der Waals surface area contributed by atoms with Gasteiger partial charge in [0.2, 0.25) is 11.7 Å². The average Bonchev–Trinajstić information content (AvgIpc) is 3.14. The van der Waals surface area contributed by atoms with Crippen LogP contribution >= 0.6 is 0 Å². The minimum Gasteiger partial charge on any atom is -0.337 e. The molecule has 6 nitrogen and oxygen atoms in total. The molecule has 6 heteroatoms. The van der Waals surface area contributed by atoms with Crippen molar-refractivity contribution in [1.29, 1.82) is 0 Å². The van der Waals surface area contributed by atoms with Crippen molar-refractivity contribution in [1.82, 2.24) is 19.7 Å². The molecule has 0 aliphatic carbocycles. The molecule has 136 valence electrons. The fourth-order valence-electron chi connectivity index (χ4n) is 3.05. The second-order valence-corrected chi connectivity index (χ2v) is 6.86. The van der Waals surface area contributed by atoms with Gasteiger partial charge in [-0.1, -0.05) is 55.4 Å². The van der Waals surface area contributed by atoms with Crippen molar-refractivity contribution in [3.05, 3.63) is 76.2 Å². The average molecular weight is 360 g/mol. The monoisotopic (exact) mass is 360 g/mol. The maximum absolute atomic E-state index is 12.8. The molecule has 0 atom stereocenters. The molecule has 0 amide bonds. The number of rotatable bonds is 4. The van der Waals surface area contributed by atoms with E-state index in [1.807, 2.05) is 30.3 Å². The van der Waals surface area contributed by atoms with Gasteiger partial charge in [-0.05, 0) is 30.5 Å². The first-order valence-corrected chi connectivity index (χ1v) is 8.92. The Morgan fingerprint density at radius 1 is 1.04 bits per heavy atom. The van der Waals surface area contributed by atoms with Crippen molar-refractivity contribution in [2.45, 2.75) is 33.2 Å². The van der Waals surface area contributed by atoms with Crippen LogP contribution in [0.3, 0.4) is 0 Å². The van der Waals surface area contributed by atoms with E-state index in [0.717, 1.165) is 5.56 Å². The van der Waals surface area contributed by atoms with Crippen molar-refractivity contribution in [2.24, 2.45) is 0 Å². The van der Waals surface area contributed by atoms with Crippen molar-refractivity contribution in [3.63, 3.8) is 0 Å². The lowest BCUT2D eigenvalue weighted by molar-refractivity contribution is 0.368. The maximum Gasteiger partial charge on any atom is 0.261 e. The van der Waals surface area contributed by atoms with E-state index in [4.69, 9.17) is 4.52 Å². The van der Waals surface area contributed by atoms with E-state index >= 15 is 0 Å². The molecule has 0 aliphatic rings. The van der Waals surface area contributed by atoms with E-state index in [-0.39, 0.29) is 12.1 Å². The van der Waals surface area contributed by atoms with Crippen LogP contribution in [-0.2, 0) is 6.54 Å². The first-order chi connectivity index (χ1) is 13.0. The maximum atomic E-state index is 12.8. The molecular weight excluding hydrogens is 340 g/mol. The molecule has 0 unspecified atom stereocenters. The van der Waals surface area contributed by atoms with Crippen LogP contribution < -0.4 is 5.56 Å². The first kappa shape index (κ1) is 17.1. The van der Waals surface area contributed by atoms with Crippen LogP contribution in [0.1, 0.15) is 37.0 Å². The van der Waals surface area contributed by atoms with E-state index in [1.54, 1.807) is 17.6 Å². The molecule has 0 aliphatic heterocycles. The molecule has 0 saturated carbocycles. The summed E-state index contributed by atoms with van der Waals surface area (Å²) in [5, 5.41) is 4.63. The number of hydrogen-bond donors (Lipinski definition) is 0. The highest BCUT2D eigenvalue weighted by Crippen LogP contribution is 2.20. The number of nitrogens with zero attached hydrogens (tertiary/aromatic N) is 4. The Hall–Kier alpha value is -3.28. The number of benzene rings is 2. The van der Waals surface area contributed by atoms with Crippen LogP contribution in [0.4, 0.5) is 0 Å².